The van der Waals surface area contributed by atoms with Gasteiger partial charge in [-0.1, -0.05) is 53.6 Å². The lowest BCUT2D eigenvalue weighted by Gasteiger charge is -2.36. The molecule has 0 N–H and O–H groups in total. The lowest BCUT2D eigenvalue weighted by atomic mass is 9.99. The van der Waals surface area contributed by atoms with Crippen molar-refractivity contribution in [2.24, 2.45) is 0 Å². The van der Waals surface area contributed by atoms with Gasteiger partial charge in [-0.3, -0.25) is 9.59 Å². The average Bonchev–Trinajstić information content (AvgIpc) is 2.99. The van der Waals surface area contributed by atoms with Gasteiger partial charge >= 0.3 is 0 Å². The standard InChI is InChI=1S/C24H26ClN3O2/c1-16-8-10-17(11-9-16)21-22(27(3)18-12-14-26(2)15-13-18)24(30)28(23(21)29)20-7-5-4-6-19(20)25/h4-11,18H,12-15H2,1-3H3. The second-order valence-corrected chi connectivity index (χ2v) is 8.54. The number of rotatable bonds is 4. The first kappa shape index (κ1) is 20.6. The smallest absolute Gasteiger partial charge is 0.282 e. The van der Waals surface area contributed by atoms with Gasteiger partial charge in [-0.15, -0.1) is 0 Å². The fourth-order valence-corrected chi connectivity index (χ4v) is 4.46. The molecule has 2 aliphatic heterocycles. The summed E-state index contributed by atoms with van der Waals surface area (Å²) in [4.78, 5) is 32.7. The molecule has 2 heterocycles. The van der Waals surface area contributed by atoms with E-state index in [0.717, 1.165) is 37.1 Å². The van der Waals surface area contributed by atoms with E-state index in [1.165, 1.54) is 4.90 Å². The van der Waals surface area contributed by atoms with E-state index in [1.54, 1.807) is 24.3 Å². The second-order valence-electron chi connectivity index (χ2n) is 8.13. The molecule has 0 aromatic heterocycles. The predicted molar refractivity (Wildman–Crippen MR) is 120 cm³/mol. The largest absolute Gasteiger partial charge is 0.366 e. The molecule has 0 aliphatic carbocycles. The van der Waals surface area contributed by atoms with Gasteiger partial charge in [-0.2, -0.15) is 0 Å². The summed E-state index contributed by atoms with van der Waals surface area (Å²) in [5.74, 6) is -0.642. The molecule has 2 aliphatic rings. The Hall–Kier alpha value is -2.63. The molecule has 156 valence electrons. The Morgan fingerprint density at radius 3 is 2.23 bits per heavy atom. The summed E-state index contributed by atoms with van der Waals surface area (Å²) < 4.78 is 0. The van der Waals surface area contributed by atoms with Crippen molar-refractivity contribution in [2.75, 3.05) is 32.1 Å². The van der Waals surface area contributed by atoms with Crippen molar-refractivity contribution < 1.29 is 9.59 Å². The first-order valence-electron chi connectivity index (χ1n) is 10.2. The third-order valence-electron chi connectivity index (χ3n) is 6.08. The maximum atomic E-state index is 13.6. The van der Waals surface area contributed by atoms with E-state index in [1.807, 2.05) is 43.1 Å². The van der Waals surface area contributed by atoms with Crippen LogP contribution < -0.4 is 4.90 Å². The van der Waals surface area contributed by atoms with Crippen LogP contribution in [0.1, 0.15) is 24.0 Å². The molecule has 2 aromatic rings. The summed E-state index contributed by atoms with van der Waals surface area (Å²) >= 11 is 6.36. The van der Waals surface area contributed by atoms with Gasteiger partial charge in [0.05, 0.1) is 16.3 Å². The number of anilines is 1. The molecule has 0 unspecified atom stereocenters. The van der Waals surface area contributed by atoms with E-state index in [4.69, 9.17) is 11.6 Å². The molecular weight excluding hydrogens is 398 g/mol. The van der Waals surface area contributed by atoms with Crippen molar-refractivity contribution in [3.05, 3.63) is 70.4 Å². The molecule has 2 aromatic carbocycles. The van der Waals surface area contributed by atoms with Crippen LogP contribution >= 0.6 is 11.6 Å². The number of amides is 2. The van der Waals surface area contributed by atoms with Crippen molar-refractivity contribution in [3.63, 3.8) is 0 Å². The highest BCUT2D eigenvalue weighted by molar-refractivity contribution is 6.47. The Labute approximate surface area is 182 Å². The second kappa shape index (κ2) is 8.25. The van der Waals surface area contributed by atoms with E-state index in [0.29, 0.717) is 22.0 Å². The predicted octanol–water partition coefficient (Wildman–Crippen LogP) is 3.96. The molecule has 0 bridgehead atoms. The van der Waals surface area contributed by atoms with Gasteiger partial charge in [0, 0.05) is 13.1 Å². The minimum absolute atomic E-state index is 0.208. The Morgan fingerprint density at radius 2 is 1.60 bits per heavy atom. The number of carbonyl (C=O) groups excluding carboxylic acids is 2. The number of imide groups is 1. The summed E-state index contributed by atoms with van der Waals surface area (Å²) in [6.07, 6.45) is 1.90. The van der Waals surface area contributed by atoms with Crippen molar-refractivity contribution in [2.45, 2.75) is 25.8 Å². The monoisotopic (exact) mass is 423 g/mol. The van der Waals surface area contributed by atoms with E-state index in [2.05, 4.69) is 11.9 Å². The molecule has 2 amide bonds. The van der Waals surface area contributed by atoms with Crippen LogP contribution in [0, 0.1) is 6.92 Å². The third-order valence-corrected chi connectivity index (χ3v) is 6.40. The van der Waals surface area contributed by atoms with Gasteiger partial charge in [0.15, 0.2) is 0 Å². The van der Waals surface area contributed by atoms with Gasteiger partial charge in [-0.25, -0.2) is 4.90 Å². The summed E-state index contributed by atoms with van der Waals surface area (Å²) in [6, 6.07) is 14.9. The SMILES string of the molecule is Cc1ccc(C2=C(N(C)C3CCN(C)CC3)C(=O)N(c3ccccc3Cl)C2=O)cc1. The molecular formula is C24H26ClN3O2. The normalized spacial score (nSPS) is 18.5. The molecule has 0 saturated carbocycles. The van der Waals surface area contributed by atoms with Crippen LogP contribution in [0.5, 0.6) is 0 Å². The first-order chi connectivity index (χ1) is 14.4. The van der Waals surface area contributed by atoms with Gasteiger partial charge in [0.1, 0.15) is 5.70 Å². The number of hydrogen-bond acceptors (Lipinski definition) is 4. The van der Waals surface area contributed by atoms with Crippen molar-refractivity contribution in [1.82, 2.24) is 9.80 Å². The van der Waals surface area contributed by atoms with Gasteiger partial charge < -0.3 is 9.80 Å². The number of likely N-dealkylation sites (N-methyl/N-ethyl adjacent to an activating group) is 1. The van der Waals surface area contributed by atoms with Crippen LogP contribution in [-0.4, -0.2) is 54.8 Å². The minimum atomic E-state index is -0.327. The zero-order chi connectivity index (χ0) is 21.4. The fraction of sp³-hybridized carbons (Fsp3) is 0.333. The van der Waals surface area contributed by atoms with Crippen LogP contribution in [0.2, 0.25) is 5.02 Å². The molecule has 1 saturated heterocycles. The van der Waals surface area contributed by atoms with Crippen LogP contribution in [0.4, 0.5) is 5.69 Å². The summed E-state index contributed by atoms with van der Waals surface area (Å²) in [5, 5.41) is 0.380. The Morgan fingerprint density at radius 1 is 0.967 bits per heavy atom. The first-order valence-corrected chi connectivity index (χ1v) is 10.6. The molecule has 0 atom stereocenters. The molecule has 4 rings (SSSR count). The average molecular weight is 424 g/mol. The Bertz CT molecular complexity index is 1010. The minimum Gasteiger partial charge on any atom is -0.366 e. The van der Waals surface area contributed by atoms with Gasteiger partial charge in [-0.05, 0) is 57.6 Å². The number of carbonyl (C=O) groups is 2. The topological polar surface area (TPSA) is 43.9 Å². The van der Waals surface area contributed by atoms with Crippen LogP contribution in [0.15, 0.2) is 54.2 Å². The Balaban J connectivity index is 1.80. The van der Waals surface area contributed by atoms with E-state index in [9.17, 15) is 9.59 Å². The fourth-order valence-electron chi connectivity index (χ4n) is 4.24. The lowest BCUT2D eigenvalue weighted by molar-refractivity contribution is -0.120. The highest BCUT2D eigenvalue weighted by atomic mass is 35.5. The summed E-state index contributed by atoms with van der Waals surface area (Å²) in [5.41, 5.74) is 3.18. The third kappa shape index (κ3) is 3.64. The zero-order valence-corrected chi connectivity index (χ0v) is 18.3. The summed E-state index contributed by atoms with van der Waals surface area (Å²) in [6.45, 7) is 3.94. The quantitative estimate of drug-likeness (QED) is 0.698. The maximum absolute atomic E-state index is 13.6. The Kier molecular flexibility index (Phi) is 5.67. The highest BCUT2D eigenvalue weighted by Crippen LogP contribution is 2.38. The van der Waals surface area contributed by atoms with Crippen molar-refractivity contribution in [3.8, 4) is 0 Å². The molecule has 0 radical (unpaired) electrons. The number of likely N-dealkylation sites (tertiary alicyclic amines) is 1. The van der Waals surface area contributed by atoms with Crippen molar-refractivity contribution in [1.29, 1.82) is 0 Å². The number of piperidine rings is 1. The van der Waals surface area contributed by atoms with E-state index in [-0.39, 0.29) is 17.9 Å². The van der Waals surface area contributed by atoms with Gasteiger partial charge in [0.2, 0.25) is 0 Å². The molecule has 1 fully saturated rings. The van der Waals surface area contributed by atoms with Crippen molar-refractivity contribution >= 4 is 34.7 Å². The van der Waals surface area contributed by atoms with E-state index >= 15 is 0 Å². The van der Waals surface area contributed by atoms with Gasteiger partial charge in [0.25, 0.3) is 11.8 Å². The zero-order valence-electron chi connectivity index (χ0n) is 17.6. The number of para-hydroxylation sites is 1. The summed E-state index contributed by atoms with van der Waals surface area (Å²) in [7, 11) is 4.04. The highest BCUT2D eigenvalue weighted by Gasteiger charge is 2.43. The van der Waals surface area contributed by atoms with E-state index < -0.39 is 0 Å². The van der Waals surface area contributed by atoms with Crippen LogP contribution in [-0.2, 0) is 9.59 Å². The number of halogens is 1. The number of aryl methyl sites for hydroxylation is 1. The maximum Gasteiger partial charge on any atom is 0.282 e. The van der Waals surface area contributed by atoms with Crippen LogP contribution in [0.25, 0.3) is 5.57 Å². The number of hydrogen-bond donors (Lipinski definition) is 0. The van der Waals surface area contributed by atoms with Crippen LogP contribution in [0.3, 0.4) is 0 Å². The number of benzene rings is 2. The lowest BCUT2D eigenvalue weighted by Crippen LogP contribution is -2.43. The molecule has 5 nitrogen and oxygen atoms in total. The molecule has 30 heavy (non-hydrogen) atoms. The number of nitrogens with zero attached hydrogens (tertiary/aromatic N) is 3. The molecule has 6 heteroatoms. The molecule has 0 spiro atoms.